The molecule has 0 unspecified atom stereocenters. The van der Waals surface area contributed by atoms with E-state index in [0.29, 0.717) is 24.9 Å². The highest BCUT2D eigenvalue weighted by Gasteiger charge is 2.49. The van der Waals surface area contributed by atoms with Crippen molar-refractivity contribution in [1.82, 2.24) is 5.32 Å². The van der Waals surface area contributed by atoms with E-state index >= 15 is 0 Å². The Morgan fingerprint density at radius 1 is 1.65 bits per heavy atom. The summed E-state index contributed by atoms with van der Waals surface area (Å²) in [5.41, 5.74) is 13.1. The SMILES string of the molecule is CC(C)C1CC(NCCCN=[N+]=[N-])(C(N)=O)C1. The number of azide groups is 1. The largest absolute Gasteiger partial charge is 0.368 e. The summed E-state index contributed by atoms with van der Waals surface area (Å²) < 4.78 is 0. The lowest BCUT2D eigenvalue weighted by Gasteiger charge is -2.48. The third-order valence-corrected chi connectivity index (χ3v) is 3.60. The Balaban J connectivity index is 2.36. The second-order valence-corrected chi connectivity index (χ2v) is 5.09. The fourth-order valence-corrected chi connectivity index (χ4v) is 2.26. The van der Waals surface area contributed by atoms with Gasteiger partial charge in [0.15, 0.2) is 0 Å². The van der Waals surface area contributed by atoms with Crippen LogP contribution in [0.5, 0.6) is 0 Å². The number of carbonyl (C=O) groups excluding carboxylic acids is 1. The molecular formula is C11H21N5O. The fourth-order valence-electron chi connectivity index (χ4n) is 2.26. The molecular weight excluding hydrogens is 218 g/mol. The van der Waals surface area contributed by atoms with Gasteiger partial charge >= 0.3 is 0 Å². The summed E-state index contributed by atoms with van der Waals surface area (Å²) in [5.74, 6) is 0.901. The minimum atomic E-state index is -0.523. The second kappa shape index (κ2) is 5.89. The Labute approximate surface area is 102 Å². The number of hydrogen-bond donors (Lipinski definition) is 2. The third kappa shape index (κ3) is 3.35. The standard InChI is InChI=1S/C11H21N5O/c1-8(2)9-6-11(7-9,10(12)17)14-4-3-5-15-16-13/h8-9,14H,3-7H2,1-2H3,(H2,12,17). The predicted molar refractivity (Wildman–Crippen MR) is 66.1 cm³/mol. The van der Waals surface area contributed by atoms with Crippen molar-refractivity contribution in [3.05, 3.63) is 10.4 Å². The zero-order valence-electron chi connectivity index (χ0n) is 10.5. The van der Waals surface area contributed by atoms with Gasteiger partial charge in [0.25, 0.3) is 0 Å². The molecule has 0 aromatic heterocycles. The Bertz CT molecular complexity index is 316. The van der Waals surface area contributed by atoms with Gasteiger partial charge in [-0.25, -0.2) is 0 Å². The summed E-state index contributed by atoms with van der Waals surface area (Å²) in [6, 6.07) is 0. The molecule has 1 aliphatic rings. The monoisotopic (exact) mass is 239 g/mol. The summed E-state index contributed by atoms with van der Waals surface area (Å²) in [6.45, 7) is 5.44. The van der Waals surface area contributed by atoms with Crippen LogP contribution in [0.4, 0.5) is 0 Å². The molecule has 0 bridgehead atoms. The first-order valence-electron chi connectivity index (χ1n) is 6.07. The highest BCUT2D eigenvalue weighted by molar-refractivity contribution is 5.85. The molecule has 1 saturated carbocycles. The quantitative estimate of drug-likeness (QED) is 0.304. The van der Waals surface area contributed by atoms with Crippen LogP contribution in [0, 0.1) is 11.8 Å². The van der Waals surface area contributed by atoms with Crippen LogP contribution < -0.4 is 11.1 Å². The van der Waals surface area contributed by atoms with Gasteiger partial charge in [0, 0.05) is 11.5 Å². The average molecular weight is 239 g/mol. The number of carbonyl (C=O) groups is 1. The summed E-state index contributed by atoms with van der Waals surface area (Å²) in [5, 5.41) is 6.67. The van der Waals surface area contributed by atoms with Crippen LogP contribution in [-0.2, 0) is 4.79 Å². The molecule has 1 aliphatic carbocycles. The molecule has 0 aliphatic heterocycles. The number of nitrogens with zero attached hydrogens (tertiary/aromatic N) is 3. The van der Waals surface area contributed by atoms with E-state index in [-0.39, 0.29) is 5.91 Å². The van der Waals surface area contributed by atoms with E-state index in [1.807, 2.05) is 0 Å². The van der Waals surface area contributed by atoms with E-state index in [2.05, 4.69) is 29.2 Å². The van der Waals surface area contributed by atoms with Gasteiger partial charge in [0.05, 0.1) is 5.54 Å². The van der Waals surface area contributed by atoms with Gasteiger partial charge in [-0.3, -0.25) is 4.79 Å². The first-order chi connectivity index (χ1) is 8.02. The van der Waals surface area contributed by atoms with E-state index in [0.717, 1.165) is 19.3 Å². The minimum absolute atomic E-state index is 0.266. The van der Waals surface area contributed by atoms with Crippen LogP contribution in [0.25, 0.3) is 10.4 Å². The predicted octanol–water partition coefficient (Wildman–Crippen LogP) is 1.57. The van der Waals surface area contributed by atoms with Crippen LogP contribution in [-0.4, -0.2) is 24.5 Å². The highest BCUT2D eigenvalue weighted by Crippen LogP contribution is 2.41. The van der Waals surface area contributed by atoms with Gasteiger partial charge in [-0.2, -0.15) is 0 Å². The molecule has 17 heavy (non-hydrogen) atoms. The van der Waals surface area contributed by atoms with Crippen LogP contribution in [0.1, 0.15) is 33.1 Å². The Morgan fingerprint density at radius 2 is 2.29 bits per heavy atom. The van der Waals surface area contributed by atoms with Crippen molar-refractivity contribution in [2.45, 2.75) is 38.6 Å². The van der Waals surface area contributed by atoms with Crippen molar-refractivity contribution in [1.29, 1.82) is 0 Å². The summed E-state index contributed by atoms with van der Waals surface area (Å²) in [4.78, 5) is 14.1. The molecule has 0 radical (unpaired) electrons. The highest BCUT2D eigenvalue weighted by atomic mass is 16.1. The molecule has 1 fully saturated rings. The van der Waals surface area contributed by atoms with Crippen molar-refractivity contribution in [3.63, 3.8) is 0 Å². The lowest BCUT2D eigenvalue weighted by molar-refractivity contribution is -0.131. The molecule has 96 valence electrons. The maximum atomic E-state index is 11.5. The van der Waals surface area contributed by atoms with Gasteiger partial charge in [-0.05, 0) is 43.2 Å². The van der Waals surface area contributed by atoms with E-state index in [1.54, 1.807) is 0 Å². The third-order valence-electron chi connectivity index (χ3n) is 3.60. The number of rotatable bonds is 7. The van der Waals surface area contributed by atoms with Crippen molar-refractivity contribution in [2.75, 3.05) is 13.1 Å². The normalized spacial score (nSPS) is 27.4. The second-order valence-electron chi connectivity index (χ2n) is 5.09. The summed E-state index contributed by atoms with van der Waals surface area (Å²) in [6.07, 6.45) is 2.37. The molecule has 0 atom stereocenters. The first kappa shape index (κ1) is 13.8. The lowest BCUT2D eigenvalue weighted by atomic mass is 9.63. The summed E-state index contributed by atoms with van der Waals surface area (Å²) >= 11 is 0. The topological polar surface area (TPSA) is 104 Å². The maximum absolute atomic E-state index is 11.5. The molecule has 0 spiro atoms. The van der Waals surface area contributed by atoms with Gasteiger partial charge in [0.2, 0.25) is 5.91 Å². The number of nitrogens with one attached hydrogen (secondary N) is 1. The number of amides is 1. The average Bonchev–Trinajstić information content (AvgIpc) is 2.19. The first-order valence-corrected chi connectivity index (χ1v) is 6.07. The molecule has 0 heterocycles. The smallest absolute Gasteiger partial charge is 0.237 e. The molecule has 1 amide bonds. The number of primary amides is 1. The Kier molecular flexibility index (Phi) is 4.78. The van der Waals surface area contributed by atoms with Crippen molar-refractivity contribution in [3.8, 4) is 0 Å². The van der Waals surface area contributed by atoms with Gasteiger partial charge < -0.3 is 11.1 Å². The molecule has 1 rings (SSSR count). The van der Waals surface area contributed by atoms with E-state index in [4.69, 9.17) is 11.3 Å². The van der Waals surface area contributed by atoms with E-state index in [1.165, 1.54) is 0 Å². The van der Waals surface area contributed by atoms with Crippen molar-refractivity contribution >= 4 is 5.91 Å². The molecule has 0 aromatic rings. The van der Waals surface area contributed by atoms with Gasteiger partial charge in [0.1, 0.15) is 0 Å². The molecule has 0 aromatic carbocycles. The molecule has 6 heteroatoms. The van der Waals surface area contributed by atoms with Crippen molar-refractivity contribution < 1.29 is 4.79 Å². The van der Waals surface area contributed by atoms with Gasteiger partial charge in [-0.1, -0.05) is 19.0 Å². The van der Waals surface area contributed by atoms with Crippen LogP contribution in [0.15, 0.2) is 5.11 Å². The number of hydrogen-bond acceptors (Lipinski definition) is 3. The number of nitrogens with two attached hydrogens (primary N) is 1. The van der Waals surface area contributed by atoms with E-state index < -0.39 is 5.54 Å². The molecule has 3 N–H and O–H groups in total. The molecule has 6 nitrogen and oxygen atoms in total. The van der Waals surface area contributed by atoms with Crippen molar-refractivity contribution in [2.24, 2.45) is 22.7 Å². The Hall–Kier alpha value is -1.26. The Morgan fingerprint density at radius 3 is 2.76 bits per heavy atom. The lowest BCUT2D eigenvalue weighted by Crippen LogP contribution is -2.64. The maximum Gasteiger partial charge on any atom is 0.237 e. The van der Waals surface area contributed by atoms with E-state index in [9.17, 15) is 4.79 Å². The summed E-state index contributed by atoms with van der Waals surface area (Å²) in [7, 11) is 0. The van der Waals surface area contributed by atoms with Crippen LogP contribution in [0.3, 0.4) is 0 Å². The zero-order valence-corrected chi connectivity index (χ0v) is 10.5. The fraction of sp³-hybridized carbons (Fsp3) is 0.909. The minimum Gasteiger partial charge on any atom is -0.368 e. The van der Waals surface area contributed by atoms with Crippen LogP contribution in [0.2, 0.25) is 0 Å². The van der Waals surface area contributed by atoms with Gasteiger partial charge in [-0.15, -0.1) is 0 Å². The molecule has 0 saturated heterocycles. The van der Waals surface area contributed by atoms with Crippen LogP contribution >= 0.6 is 0 Å². The zero-order chi connectivity index (χ0) is 12.9.